The van der Waals surface area contributed by atoms with Crippen LogP contribution >= 0.6 is 0 Å². The highest BCUT2D eigenvalue weighted by molar-refractivity contribution is 6.06. The predicted molar refractivity (Wildman–Crippen MR) is 161 cm³/mol. The van der Waals surface area contributed by atoms with Gasteiger partial charge < -0.3 is 24.1 Å². The van der Waals surface area contributed by atoms with E-state index in [-0.39, 0.29) is 39.8 Å². The third kappa shape index (κ3) is 7.29. The van der Waals surface area contributed by atoms with Gasteiger partial charge in [-0.25, -0.2) is 24.4 Å². The molecule has 0 spiro atoms. The number of carbonyl (C=O) groups excluding carboxylic acids is 3. The van der Waals surface area contributed by atoms with Crippen LogP contribution in [0.3, 0.4) is 0 Å². The summed E-state index contributed by atoms with van der Waals surface area (Å²) in [6.07, 6.45) is 1.57. The molecule has 0 unspecified atom stereocenters. The number of pyridine rings is 3. The van der Waals surface area contributed by atoms with Gasteiger partial charge in [0.25, 0.3) is 11.3 Å². The molecule has 0 aliphatic carbocycles. The van der Waals surface area contributed by atoms with Crippen LogP contribution in [0.4, 0.5) is 32.5 Å². The van der Waals surface area contributed by atoms with E-state index in [2.05, 4.69) is 25.8 Å². The molecule has 0 bridgehead atoms. The molecule has 15 heteroatoms. The Kier molecular flexibility index (Phi) is 8.60. The molecule has 2 N–H and O–H groups in total. The Morgan fingerprint density at radius 3 is 2.32 bits per heavy atom. The predicted octanol–water partition coefficient (Wildman–Crippen LogP) is 5.02. The maximum atomic E-state index is 13.5. The van der Waals surface area contributed by atoms with Gasteiger partial charge in [-0.15, -0.1) is 0 Å². The van der Waals surface area contributed by atoms with Gasteiger partial charge in [0.2, 0.25) is 0 Å². The summed E-state index contributed by atoms with van der Waals surface area (Å²) < 4.78 is 22.0. The number of fused-ring (bicyclic) bond motifs is 1. The Labute approximate surface area is 252 Å². The highest BCUT2D eigenvalue weighted by Crippen LogP contribution is 2.31. The fourth-order valence-electron chi connectivity index (χ4n) is 3.81. The van der Waals surface area contributed by atoms with Gasteiger partial charge in [0.1, 0.15) is 34.0 Å². The zero-order chi connectivity index (χ0) is 32.4. The van der Waals surface area contributed by atoms with Crippen molar-refractivity contribution in [3.05, 3.63) is 58.8 Å². The third-order valence-electron chi connectivity index (χ3n) is 5.67. The van der Waals surface area contributed by atoms with Crippen LogP contribution in [0.15, 0.2) is 52.0 Å². The molecule has 0 aliphatic heterocycles. The molecule has 0 saturated heterocycles. The van der Waals surface area contributed by atoms with E-state index in [4.69, 9.17) is 18.7 Å². The number of aromatic nitrogens is 4. The number of ether oxygens (including phenoxy) is 3. The van der Waals surface area contributed by atoms with Crippen LogP contribution in [0.5, 0.6) is 0 Å². The first-order valence-corrected chi connectivity index (χ1v) is 13.4. The number of methoxy groups -OCH3 is 1. The van der Waals surface area contributed by atoms with Gasteiger partial charge in [0.05, 0.1) is 24.7 Å². The summed E-state index contributed by atoms with van der Waals surface area (Å²) in [7, 11) is 2.63. The fourth-order valence-corrected chi connectivity index (χ4v) is 3.81. The van der Waals surface area contributed by atoms with Gasteiger partial charge in [0.15, 0.2) is 5.52 Å². The first kappa shape index (κ1) is 31.5. The van der Waals surface area contributed by atoms with Crippen molar-refractivity contribution in [2.24, 2.45) is 0 Å². The molecule has 0 fully saturated rings. The lowest BCUT2D eigenvalue weighted by atomic mass is 10.2. The normalized spacial score (nSPS) is 11.5. The second-order valence-electron chi connectivity index (χ2n) is 11.5. The first-order valence-electron chi connectivity index (χ1n) is 13.4. The summed E-state index contributed by atoms with van der Waals surface area (Å²) in [5.41, 5.74) is -1.19. The van der Waals surface area contributed by atoms with Gasteiger partial charge in [-0.2, -0.15) is 0 Å². The zero-order valence-corrected chi connectivity index (χ0v) is 25.5. The molecule has 232 valence electrons. The van der Waals surface area contributed by atoms with Crippen LogP contribution in [0.2, 0.25) is 0 Å². The molecule has 0 aromatic carbocycles. The highest BCUT2D eigenvalue weighted by Gasteiger charge is 2.28. The van der Waals surface area contributed by atoms with E-state index in [0.717, 1.165) is 0 Å². The summed E-state index contributed by atoms with van der Waals surface area (Å²) >= 11 is 0. The summed E-state index contributed by atoms with van der Waals surface area (Å²) in [6, 6.07) is 7.73. The van der Waals surface area contributed by atoms with Crippen LogP contribution in [0.1, 0.15) is 52.1 Å². The van der Waals surface area contributed by atoms with Gasteiger partial charge in [0, 0.05) is 19.3 Å². The van der Waals surface area contributed by atoms with E-state index in [1.54, 1.807) is 59.7 Å². The number of nitrogens with one attached hydrogen (secondary N) is 2. The molecule has 0 atom stereocenters. The first-order chi connectivity index (χ1) is 20.6. The topological polar surface area (TPSA) is 180 Å². The lowest BCUT2D eigenvalue weighted by Gasteiger charge is -2.25. The number of nitrogens with zero attached hydrogens (tertiary/aromatic N) is 5. The van der Waals surface area contributed by atoms with Crippen molar-refractivity contribution >= 4 is 52.1 Å². The second kappa shape index (κ2) is 12.0. The summed E-state index contributed by atoms with van der Waals surface area (Å²) in [6.45, 7) is 10.4. The largest absolute Gasteiger partial charge is 0.463 e. The van der Waals surface area contributed by atoms with E-state index in [9.17, 15) is 19.2 Å². The van der Waals surface area contributed by atoms with E-state index < -0.39 is 34.9 Å². The summed E-state index contributed by atoms with van der Waals surface area (Å²) in [4.78, 5) is 60.7. The van der Waals surface area contributed by atoms with E-state index >= 15 is 0 Å². The van der Waals surface area contributed by atoms with Crippen molar-refractivity contribution in [2.75, 3.05) is 29.7 Å². The summed E-state index contributed by atoms with van der Waals surface area (Å²) in [5, 5.41) is 9.45. The molecule has 44 heavy (non-hydrogen) atoms. The van der Waals surface area contributed by atoms with Gasteiger partial charge in [-0.1, -0.05) is 5.16 Å². The zero-order valence-electron chi connectivity index (χ0n) is 25.5. The molecule has 0 saturated carbocycles. The maximum absolute atomic E-state index is 13.5. The fraction of sp³-hybridized carbons (Fsp3) is 0.345. The Balaban J connectivity index is 1.68. The third-order valence-corrected chi connectivity index (χ3v) is 5.67. The van der Waals surface area contributed by atoms with Crippen molar-refractivity contribution in [1.29, 1.82) is 0 Å². The van der Waals surface area contributed by atoms with Crippen molar-refractivity contribution in [3.63, 3.8) is 0 Å². The van der Waals surface area contributed by atoms with Gasteiger partial charge >= 0.3 is 18.2 Å². The average Bonchev–Trinajstić information content (AvgIpc) is 3.35. The monoisotopic (exact) mass is 607 g/mol. The number of rotatable bonds is 6. The second-order valence-corrected chi connectivity index (χ2v) is 11.5. The Hall–Kier alpha value is -5.47. The molecule has 4 rings (SSSR count). The minimum Gasteiger partial charge on any atom is -0.463 e. The van der Waals surface area contributed by atoms with Crippen molar-refractivity contribution in [1.82, 2.24) is 19.7 Å². The molecule has 15 nitrogen and oxygen atoms in total. The van der Waals surface area contributed by atoms with Crippen LogP contribution in [-0.4, -0.2) is 63.2 Å². The SMILES string of the molecule is COC(=O)c1onc2c(N(C)C(=O)OC(C)(C)C)cc(Nc3cccn(-c4ccc(NC(=O)OC(C)(C)C)cn4)c3=O)nc12. The maximum Gasteiger partial charge on any atom is 0.414 e. The minimum atomic E-state index is -0.833. The number of carbonyl (C=O) groups is 3. The lowest BCUT2D eigenvalue weighted by molar-refractivity contribution is 0.0554. The number of amides is 2. The van der Waals surface area contributed by atoms with Crippen LogP contribution in [-0.2, 0) is 14.2 Å². The van der Waals surface area contributed by atoms with Gasteiger partial charge in [-0.05, 0) is 65.8 Å². The molecule has 2 amide bonds. The van der Waals surface area contributed by atoms with Crippen molar-refractivity contribution in [2.45, 2.75) is 52.7 Å². The quantitative estimate of drug-likeness (QED) is 0.221. The standard InChI is InChI=1S/C29H33N7O8/c1-28(2,3)42-26(39)31-16-11-12-20(30-15-16)36-13-9-10-17(24(36)37)32-19-14-18(35(7)27(40)43-29(4,5)6)21-22(33-19)23(44-34-21)25(38)41-8/h9-15H,1-8H3,(H,31,39)(H,32,33). The lowest BCUT2D eigenvalue weighted by Crippen LogP contribution is -2.34. The molecular weight excluding hydrogens is 574 g/mol. The molecule has 0 aliphatic rings. The Morgan fingerprint density at radius 1 is 1.00 bits per heavy atom. The van der Waals surface area contributed by atoms with E-state index in [1.165, 1.54) is 48.2 Å². The molecule has 4 aromatic heterocycles. The van der Waals surface area contributed by atoms with Crippen LogP contribution < -0.4 is 21.1 Å². The van der Waals surface area contributed by atoms with Crippen LogP contribution in [0.25, 0.3) is 16.9 Å². The Bertz CT molecular complexity index is 1770. The molecule has 4 aromatic rings. The molecule has 4 heterocycles. The number of hydrogen-bond acceptors (Lipinski definition) is 12. The molecule has 0 radical (unpaired) electrons. The average molecular weight is 608 g/mol. The number of esters is 1. The smallest absolute Gasteiger partial charge is 0.414 e. The minimum absolute atomic E-state index is 0.00161. The van der Waals surface area contributed by atoms with E-state index in [0.29, 0.717) is 5.69 Å². The van der Waals surface area contributed by atoms with E-state index in [1.807, 2.05) is 0 Å². The molecular formula is C29H33N7O8. The number of anilines is 4. The summed E-state index contributed by atoms with van der Waals surface area (Å²) in [5.74, 6) is -0.759. The van der Waals surface area contributed by atoms with Crippen LogP contribution in [0, 0.1) is 0 Å². The highest BCUT2D eigenvalue weighted by atomic mass is 16.6. The number of hydrogen-bond donors (Lipinski definition) is 2. The van der Waals surface area contributed by atoms with Gasteiger partial charge in [-0.3, -0.25) is 19.6 Å². The Morgan fingerprint density at radius 2 is 1.70 bits per heavy atom. The van der Waals surface area contributed by atoms with Crippen molar-refractivity contribution in [3.8, 4) is 5.82 Å². The van der Waals surface area contributed by atoms with Crippen molar-refractivity contribution < 1.29 is 33.1 Å².